The molecule has 8 heteroatoms. The monoisotopic (exact) mass is 356 g/mol. The van der Waals surface area contributed by atoms with E-state index in [0.29, 0.717) is 30.6 Å². The molecule has 0 spiro atoms. The van der Waals surface area contributed by atoms with E-state index >= 15 is 0 Å². The van der Waals surface area contributed by atoms with E-state index in [2.05, 4.69) is 5.16 Å². The Bertz CT molecular complexity index is 577. The van der Waals surface area contributed by atoms with Gasteiger partial charge in [0.25, 0.3) is 0 Å². The van der Waals surface area contributed by atoms with Gasteiger partial charge >= 0.3 is 11.9 Å². The van der Waals surface area contributed by atoms with Gasteiger partial charge in [-0.1, -0.05) is 17.3 Å². The lowest BCUT2D eigenvalue weighted by Crippen LogP contribution is -2.14. The molecule has 3 N–H and O–H groups in total. The van der Waals surface area contributed by atoms with E-state index in [9.17, 15) is 9.59 Å². The molecule has 1 aromatic rings. The Hall–Kier alpha value is -2.28. The fraction of sp³-hybridized carbons (Fsp3) is 0.438. The third kappa shape index (κ3) is 7.32. The van der Waals surface area contributed by atoms with Gasteiger partial charge in [0.15, 0.2) is 5.84 Å². The van der Waals surface area contributed by atoms with Crippen molar-refractivity contribution >= 4 is 29.4 Å². The predicted octanol–water partition coefficient (Wildman–Crippen LogP) is 2.28. The molecule has 0 atom stereocenters. The summed E-state index contributed by atoms with van der Waals surface area (Å²) in [6, 6.07) is 6.33. The van der Waals surface area contributed by atoms with Crippen molar-refractivity contribution in [3.8, 4) is 0 Å². The van der Waals surface area contributed by atoms with Crippen LogP contribution in [-0.2, 0) is 14.3 Å². The first-order valence-corrected chi connectivity index (χ1v) is 8.08. The maximum Gasteiger partial charge on any atom is 0.338 e. The van der Waals surface area contributed by atoms with E-state index in [1.807, 2.05) is 0 Å². The van der Waals surface area contributed by atoms with Crippen LogP contribution in [0, 0.1) is 0 Å². The molecule has 0 saturated heterocycles. The van der Waals surface area contributed by atoms with E-state index < -0.39 is 5.97 Å². The largest absolute Gasteiger partial charge is 0.466 e. The minimum Gasteiger partial charge on any atom is -0.466 e. The number of nitrogens with two attached hydrogens (primary N) is 1. The third-order valence-corrected chi connectivity index (χ3v) is 3.27. The van der Waals surface area contributed by atoms with Crippen LogP contribution < -0.4 is 5.73 Å². The third-order valence-electron chi connectivity index (χ3n) is 3.09. The summed E-state index contributed by atoms with van der Waals surface area (Å²) < 4.78 is 10.1. The maximum absolute atomic E-state index is 11.9. The molecule has 0 aromatic heterocycles. The van der Waals surface area contributed by atoms with Crippen LogP contribution in [0.5, 0.6) is 0 Å². The van der Waals surface area contributed by atoms with Crippen LogP contribution in [0.4, 0.5) is 0 Å². The number of hydrogen-bond acceptors (Lipinski definition) is 6. The van der Waals surface area contributed by atoms with Gasteiger partial charge in [0.2, 0.25) is 0 Å². The SMILES string of the molecule is N/C(=N\O)c1cccc(C(=O)OCCCCCOC(=O)CCCl)c1. The minimum absolute atomic E-state index is 0.0756. The molecule has 0 aliphatic carbocycles. The second kappa shape index (κ2) is 11.3. The van der Waals surface area contributed by atoms with E-state index in [-0.39, 0.29) is 30.7 Å². The highest BCUT2D eigenvalue weighted by Crippen LogP contribution is 2.08. The lowest BCUT2D eigenvalue weighted by molar-refractivity contribution is -0.143. The zero-order valence-corrected chi connectivity index (χ0v) is 14.0. The van der Waals surface area contributed by atoms with E-state index in [0.717, 1.165) is 6.42 Å². The Kier molecular flexibility index (Phi) is 9.29. The normalized spacial score (nSPS) is 11.1. The van der Waals surface area contributed by atoms with Crippen molar-refractivity contribution in [2.75, 3.05) is 19.1 Å². The summed E-state index contributed by atoms with van der Waals surface area (Å²) in [5, 5.41) is 11.5. The van der Waals surface area contributed by atoms with Gasteiger partial charge < -0.3 is 20.4 Å². The van der Waals surface area contributed by atoms with Gasteiger partial charge in [-0.25, -0.2) is 4.79 Å². The number of alkyl halides is 1. The van der Waals surface area contributed by atoms with Gasteiger partial charge in [0, 0.05) is 11.4 Å². The van der Waals surface area contributed by atoms with Crippen molar-refractivity contribution in [3.63, 3.8) is 0 Å². The van der Waals surface area contributed by atoms with Crippen molar-refractivity contribution in [2.24, 2.45) is 10.9 Å². The number of unbranched alkanes of at least 4 members (excludes halogenated alkanes) is 2. The molecule has 0 aliphatic rings. The quantitative estimate of drug-likeness (QED) is 0.126. The average molecular weight is 357 g/mol. The molecule has 7 nitrogen and oxygen atoms in total. The van der Waals surface area contributed by atoms with Crippen LogP contribution in [0.1, 0.15) is 41.6 Å². The molecule has 0 bridgehead atoms. The molecule has 1 rings (SSSR count). The molecule has 0 heterocycles. The summed E-state index contributed by atoms with van der Waals surface area (Å²) in [5.74, 6) is -0.599. The number of carbonyl (C=O) groups is 2. The Morgan fingerprint density at radius 3 is 2.46 bits per heavy atom. The minimum atomic E-state index is -0.476. The standard InChI is InChI=1S/C16H21ClN2O5/c17-8-7-14(20)23-9-2-1-3-10-24-16(21)13-6-4-5-12(11-13)15(18)19-22/h4-6,11,22H,1-3,7-10H2,(H2,18,19). The smallest absolute Gasteiger partial charge is 0.338 e. The number of amidine groups is 1. The van der Waals surface area contributed by atoms with Crippen LogP contribution in [0.2, 0.25) is 0 Å². The molecule has 0 saturated carbocycles. The van der Waals surface area contributed by atoms with Crippen molar-refractivity contribution in [1.82, 2.24) is 0 Å². The molecule has 24 heavy (non-hydrogen) atoms. The van der Waals surface area contributed by atoms with E-state index in [4.69, 9.17) is 32.0 Å². The average Bonchev–Trinajstić information content (AvgIpc) is 2.60. The van der Waals surface area contributed by atoms with Crippen molar-refractivity contribution < 1.29 is 24.3 Å². The lowest BCUT2D eigenvalue weighted by Gasteiger charge is -2.07. The maximum atomic E-state index is 11.9. The summed E-state index contributed by atoms with van der Waals surface area (Å²) in [6.07, 6.45) is 2.35. The highest BCUT2D eigenvalue weighted by molar-refractivity contribution is 6.18. The van der Waals surface area contributed by atoms with Gasteiger partial charge in [0.1, 0.15) is 0 Å². The fourth-order valence-electron chi connectivity index (χ4n) is 1.83. The number of hydrogen-bond donors (Lipinski definition) is 2. The zero-order valence-electron chi connectivity index (χ0n) is 13.2. The molecule has 132 valence electrons. The number of rotatable bonds is 10. The van der Waals surface area contributed by atoms with Crippen LogP contribution in [0.3, 0.4) is 0 Å². The number of benzene rings is 1. The van der Waals surface area contributed by atoms with Crippen LogP contribution in [-0.4, -0.2) is 42.1 Å². The Morgan fingerprint density at radius 2 is 1.79 bits per heavy atom. The topological polar surface area (TPSA) is 111 Å². The van der Waals surface area contributed by atoms with E-state index in [1.165, 1.54) is 6.07 Å². The first kappa shape index (κ1) is 19.8. The molecule has 1 aromatic carbocycles. The second-order valence-corrected chi connectivity index (χ2v) is 5.30. The molecule has 0 radical (unpaired) electrons. The Morgan fingerprint density at radius 1 is 1.12 bits per heavy atom. The Balaban J connectivity index is 2.24. The van der Waals surface area contributed by atoms with Crippen LogP contribution in [0.15, 0.2) is 29.4 Å². The summed E-state index contributed by atoms with van der Waals surface area (Å²) >= 11 is 5.42. The highest BCUT2D eigenvalue weighted by Gasteiger charge is 2.09. The number of carbonyl (C=O) groups excluding carboxylic acids is 2. The van der Waals surface area contributed by atoms with Gasteiger partial charge in [0.05, 0.1) is 25.2 Å². The van der Waals surface area contributed by atoms with Crippen molar-refractivity contribution in [3.05, 3.63) is 35.4 Å². The number of halogens is 1. The molecule has 0 amide bonds. The van der Waals surface area contributed by atoms with Gasteiger partial charge in [-0.3, -0.25) is 4.79 Å². The van der Waals surface area contributed by atoms with Crippen molar-refractivity contribution in [1.29, 1.82) is 0 Å². The summed E-state index contributed by atoms with van der Waals surface area (Å²) in [7, 11) is 0. The number of nitrogens with zero attached hydrogens (tertiary/aromatic N) is 1. The molecule has 0 unspecified atom stereocenters. The van der Waals surface area contributed by atoms with Gasteiger partial charge in [-0.15, -0.1) is 11.6 Å². The summed E-state index contributed by atoms with van der Waals surface area (Å²) in [4.78, 5) is 23.0. The molecule has 0 fully saturated rings. The van der Waals surface area contributed by atoms with Gasteiger partial charge in [-0.05, 0) is 31.4 Å². The first-order valence-electron chi connectivity index (χ1n) is 7.55. The van der Waals surface area contributed by atoms with Crippen molar-refractivity contribution in [2.45, 2.75) is 25.7 Å². The molecule has 0 aliphatic heterocycles. The highest BCUT2D eigenvalue weighted by atomic mass is 35.5. The van der Waals surface area contributed by atoms with Gasteiger partial charge in [-0.2, -0.15) is 0 Å². The Labute approximate surface area is 145 Å². The van der Waals surface area contributed by atoms with Crippen LogP contribution in [0.25, 0.3) is 0 Å². The predicted molar refractivity (Wildman–Crippen MR) is 89.4 cm³/mol. The molecular weight excluding hydrogens is 336 g/mol. The number of ether oxygens (including phenoxy) is 2. The first-order chi connectivity index (χ1) is 11.6. The lowest BCUT2D eigenvalue weighted by atomic mass is 10.1. The summed E-state index contributed by atoms with van der Waals surface area (Å²) in [6.45, 7) is 0.605. The number of oxime groups is 1. The second-order valence-electron chi connectivity index (χ2n) is 4.92. The summed E-state index contributed by atoms with van der Waals surface area (Å²) in [5.41, 5.74) is 6.24. The zero-order chi connectivity index (χ0) is 17.8. The number of esters is 2. The van der Waals surface area contributed by atoms with Crippen LogP contribution >= 0.6 is 11.6 Å². The van der Waals surface area contributed by atoms with E-state index in [1.54, 1.807) is 18.2 Å². The molecular formula is C16H21ClN2O5. The fourth-order valence-corrected chi connectivity index (χ4v) is 1.98.